The number of carbonyl (C=O) groups is 2. The normalized spacial score (nSPS) is 20.7. The Morgan fingerprint density at radius 1 is 1.44 bits per heavy atom. The van der Waals surface area contributed by atoms with Gasteiger partial charge in [-0.15, -0.1) is 0 Å². The van der Waals surface area contributed by atoms with Gasteiger partial charge in [0.25, 0.3) is 0 Å². The number of carbonyl (C=O) groups excluding carboxylic acids is 1. The molecule has 1 aliphatic rings. The van der Waals surface area contributed by atoms with Crippen LogP contribution in [0.5, 0.6) is 0 Å². The lowest BCUT2D eigenvalue weighted by Crippen LogP contribution is -2.41. The minimum atomic E-state index is -0.950. The Kier molecular flexibility index (Phi) is 3.62. The van der Waals surface area contributed by atoms with E-state index in [0.717, 1.165) is 0 Å². The summed E-state index contributed by atoms with van der Waals surface area (Å²) < 4.78 is 5.08. The van der Waals surface area contributed by atoms with Crippen molar-refractivity contribution >= 4 is 12.2 Å². The predicted molar refractivity (Wildman–Crippen MR) is 57.4 cm³/mol. The number of amides is 2. The summed E-state index contributed by atoms with van der Waals surface area (Å²) in [6, 6.07) is -0.147. The third-order valence-electron chi connectivity index (χ3n) is 2.18. The van der Waals surface area contributed by atoms with Crippen LogP contribution in [0, 0.1) is 0 Å². The Labute approximate surface area is 94.6 Å². The molecule has 1 fully saturated rings. The van der Waals surface area contributed by atoms with E-state index in [9.17, 15) is 9.59 Å². The van der Waals surface area contributed by atoms with E-state index in [4.69, 9.17) is 9.84 Å². The highest BCUT2D eigenvalue weighted by Crippen LogP contribution is 2.11. The minimum Gasteiger partial charge on any atom is -0.465 e. The van der Waals surface area contributed by atoms with Gasteiger partial charge in [-0.25, -0.2) is 9.59 Å². The molecule has 0 aliphatic carbocycles. The summed E-state index contributed by atoms with van der Waals surface area (Å²) in [5, 5.41) is 11.4. The predicted octanol–water partition coefficient (Wildman–Crippen LogP) is 1.26. The average Bonchev–Trinajstić information content (AvgIpc) is 2.48. The van der Waals surface area contributed by atoms with Gasteiger partial charge in [-0.2, -0.15) is 0 Å². The minimum absolute atomic E-state index is 0.147. The molecule has 1 saturated heterocycles. The smallest absolute Gasteiger partial charge is 0.407 e. The summed E-state index contributed by atoms with van der Waals surface area (Å²) in [5.41, 5.74) is -0.533. The molecule has 1 atom stereocenters. The quantitative estimate of drug-likeness (QED) is 0.710. The van der Waals surface area contributed by atoms with Gasteiger partial charge in [-0.3, -0.25) is 0 Å². The standard InChI is InChI=1S/C10H18N2O4/c1-10(2,3)16-8(13)11-7-4-5-12(6-7)9(14)15/h7H,4-6H2,1-3H3,(H,11,13)(H,14,15)/t7-/m1/s1. The topological polar surface area (TPSA) is 78.9 Å². The number of nitrogens with one attached hydrogen (secondary N) is 1. The van der Waals surface area contributed by atoms with Crippen LogP contribution in [0.1, 0.15) is 27.2 Å². The van der Waals surface area contributed by atoms with Crippen LogP contribution in [-0.2, 0) is 4.74 Å². The maximum Gasteiger partial charge on any atom is 0.407 e. The highest BCUT2D eigenvalue weighted by atomic mass is 16.6. The zero-order chi connectivity index (χ0) is 12.3. The van der Waals surface area contributed by atoms with Gasteiger partial charge in [0.2, 0.25) is 0 Å². The van der Waals surface area contributed by atoms with E-state index in [1.165, 1.54) is 4.90 Å². The third-order valence-corrected chi connectivity index (χ3v) is 2.18. The van der Waals surface area contributed by atoms with Crippen molar-refractivity contribution in [2.24, 2.45) is 0 Å². The second kappa shape index (κ2) is 4.59. The molecule has 0 radical (unpaired) electrons. The first-order valence-corrected chi connectivity index (χ1v) is 5.25. The number of alkyl carbamates (subject to hydrolysis) is 1. The van der Waals surface area contributed by atoms with Crippen LogP contribution in [0.25, 0.3) is 0 Å². The van der Waals surface area contributed by atoms with E-state index in [1.807, 2.05) is 0 Å². The van der Waals surface area contributed by atoms with Crippen LogP contribution in [-0.4, -0.2) is 46.9 Å². The Bertz CT molecular complexity index is 285. The van der Waals surface area contributed by atoms with E-state index in [-0.39, 0.29) is 6.04 Å². The number of hydrogen-bond donors (Lipinski definition) is 2. The van der Waals surface area contributed by atoms with Gasteiger partial charge in [0.15, 0.2) is 0 Å². The summed E-state index contributed by atoms with van der Waals surface area (Å²) in [6.07, 6.45) is -0.816. The Morgan fingerprint density at radius 3 is 2.50 bits per heavy atom. The van der Waals surface area contributed by atoms with Crippen molar-refractivity contribution in [2.45, 2.75) is 38.8 Å². The third kappa shape index (κ3) is 3.96. The highest BCUT2D eigenvalue weighted by molar-refractivity contribution is 5.69. The van der Waals surface area contributed by atoms with Crippen LogP contribution in [0.15, 0.2) is 0 Å². The molecule has 0 saturated carbocycles. The van der Waals surface area contributed by atoms with E-state index in [2.05, 4.69) is 5.32 Å². The van der Waals surface area contributed by atoms with Crippen molar-refractivity contribution in [1.82, 2.24) is 10.2 Å². The molecule has 2 amide bonds. The van der Waals surface area contributed by atoms with Gasteiger partial charge in [0.05, 0.1) is 6.04 Å². The maximum absolute atomic E-state index is 11.4. The second-order valence-electron chi connectivity index (χ2n) is 4.86. The second-order valence-corrected chi connectivity index (χ2v) is 4.86. The number of carboxylic acid groups (broad SMARTS) is 1. The molecule has 0 aromatic rings. The SMILES string of the molecule is CC(C)(C)OC(=O)N[C@@H]1CCN(C(=O)O)C1. The van der Waals surface area contributed by atoms with E-state index >= 15 is 0 Å². The van der Waals surface area contributed by atoms with E-state index in [1.54, 1.807) is 20.8 Å². The zero-order valence-electron chi connectivity index (χ0n) is 9.82. The van der Waals surface area contributed by atoms with Crippen molar-refractivity contribution in [3.63, 3.8) is 0 Å². The fraction of sp³-hybridized carbons (Fsp3) is 0.800. The lowest BCUT2D eigenvalue weighted by molar-refractivity contribution is 0.0505. The molecule has 0 spiro atoms. The largest absolute Gasteiger partial charge is 0.465 e. The van der Waals surface area contributed by atoms with Gasteiger partial charge in [-0.05, 0) is 27.2 Å². The van der Waals surface area contributed by atoms with Crippen molar-refractivity contribution < 1.29 is 19.4 Å². The summed E-state index contributed by atoms with van der Waals surface area (Å²) in [6.45, 7) is 6.13. The molecule has 0 aromatic heterocycles. The molecule has 1 aliphatic heterocycles. The molecule has 0 aromatic carbocycles. The Morgan fingerprint density at radius 2 is 2.06 bits per heavy atom. The zero-order valence-corrected chi connectivity index (χ0v) is 9.82. The van der Waals surface area contributed by atoms with Crippen LogP contribution < -0.4 is 5.32 Å². The first kappa shape index (κ1) is 12.6. The summed E-state index contributed by atoms with van der Waals surface area (Å²) >= 11 is 0. The number of ether oxygens (including phenoxy) is 1. The van der Waals surface area contributed by atoms with Crippen molar-refractivity contribution in [2.75, 3.05) is 13.1 Å². The number of hydrogen-bond acceptors (Lipinski definition) is 3. The van der Waals surface area contributed by atoms with Crippen LogP contribution in [0.2, 0.25) is 0 Å². The number of nitrogens with zero attached hydrogens (tertiary/aromatic N) is 1. The Balaban J connectivity index is 2.34. The molecule has 6 heteroatoms. The fourth-order valence-electron chi connectivity index (χ4n) is 1.53. The van der Waals surface area contributed by atoms with Gasteiger partial charge < -0.3 is 20.1 Å². The lowest BCUT2D eigenvalue weighted by atomic mass is 10.2. The molecule has 16 heavy (non-hydrogen) atoms. The Hall–Kier alpha value is -1.46. The fourth-order valence-corrected chi connectivity index (χ4v) is 1.53. The molecular formula is C10H18N2O4. The van der Waals surface area contributed by atoms with Crippen LogP contribution in [0.4, 0.5) is 9.59 Å². The lowest BCUT2D eigenvalue weighted by Gasteiger charge is -2.21. The van der Waals surface area contributed by atoms with Crippen LogP contribution in [0.3, 0.4) is 0 Å². The molecule has 1 heterocycles. The van der Waals surface area contributed by atoms with Gasteiger partial charge in [0, 0.05) is 13.1 Å². The van der Waals surface area contributed by atoms with Crippen LogP contribution >= 0.6 is 0 Å². The molecule has 6 nitrogen and oxygen atoms in total. The first-order chi connectivity index (χ1) is 7.28. The number of likely N-dealkylation sites (tertiary alicyclic amines) is 1. The molecule has 1 rings (SSSR count). The average molecular weight is 230 g/mol. The first-order valence-electron chi connectivity index (χ1n) is 5.25. The molecule has 2 N–H and O–H groups in total. The summed E-state index contributed by atoms with van der Waals surface area (Å²) in [7, 11) is 0. The van der Waals surface area contributed by atoms with Gasteiger partial charge in [-0.1, -0.05) is 0 Å². The van der Waals surface area contributed by atoms with Crippen molar-refractivity contribution in [3.8, 4) is 0 Å². The molecule has 92 valence electrons. The van der Waals surface area contributed by atoms with E-state index < -0.39 is 17.8 Å². The van der Waals surface area contributed by atoms with Gasteiger partial charge in [0.1, 0.15) is 5.60 Å². The summed E-state index contributed by atoms with van der Waals surface area (Å²) in [4.78, 5) is 23.3. The van der Waals surface area contributed by atoms with Crippen molar-refractivity contribution in [1.29, 1.82) is 0 Å². The number of rotatable bonds is 1. The maximum atomic E-state index is 11.4. The molecule has 0 unspecified atom stereocenters. The monoisotopic (exact) mass is 230 g/mol. The highest BCUT2D eigenvalue weighted by Gasteiger charge is 2.28. The summed E-state index contributed by atoms with van der Waals surface area (Å²) in [5.74, 6) is 0. The van der Waals surface area contributed by atoms with Crippen molar-refractivity contribution in [3.05, 3.63) is 0 Å². The van der Waals surface area contributed by atoms with E-state index in [0.29, 0.717) is 19.5 Å². The van der Waals surface area contributed by atoms with Gasteiger partial charge >= 0.3 is 12.2 Å². The molecular weight excluding hydrogens is 212 g/mol. The molecule has 0 bridgehead atoms.